The van der Waals surface area contributed by atoms with Gasteiger partial charge >= 0.3 is 0 Å². The summed E-state index contributed by atoms with van der Waals surface area (Å²) in [7, 11) is 0. The number of amidine groups is 2. The molecule has 2 unspecified atom stereocenters. The third-order valence-electron chi connectivity index (χ3n) is 13.9. The minimum absolute atomic E-state index is 0.496. The summed E-state index contributed by atoms with van der Waals surface area (Å²) in [5.74, 6) is 1.15. The molecule has 0 spiro atoms. The average Bonchev–Trinajstić information content (AvgIpc) is 3.90. The van der Waals surface area contributed by atoms with E-state index in [2.05, 4.69) is 181 Å². The summed E-state index contributed by atoms with van der Waals surface area (Å²) in [6.07, 6.45) is 13.3. The highest BCUT2D eigenvalue weighted by atomic mass is 15.0. The molecule has 2 atom stereocenters. The number of aromatic nitrogens is 2. The summed E-state index contributed by atoms with van der Waals surface area (Å²) < 4.78 is 2.43. The number of rotatable bonds is 5. The molecule has 66 heavy (non-hydrogen) atoms. The van der Waals surface area contributed by atoms with Crippen LogP contribution >= 0.6 is 0 Å². The Morgan fingerprint density at radius 1 is 0.424 bits per heavy atom. The van der Waals surface area contributed by atoms with Crippen LogP contribution in [0.25, 0.3) is 49.3 Å². The lowest BCUT2D eigenvalue weighted by Crippen LogP contribution is -2.41. The third kappa shape index (κ3) is 6.19. The molecule has 1 aliphatic carbocycles. The number of nitrogens with zero attached hydrogens (tertiary/aromatic N) is 4. The van der Waals surface area contributed by atoms with E-state index in [1.807, 2.05) is 60.7 Å². The molecule has 8 aromatic carbocycles. The molecule has 0 saturated carbocycles. The molecule has 0 saturated heterocycles. The summed E-state index contributed by atoms with van der Waals surface area (Å²) in [5.41, 5.74) is 14.0. The first-order chi connectivity index (χ1) is 32.5. The predicted octanol–water partition coefficient (Wildman–Crippen LogP) is 14.3. The maximum atomic E-state index is 5.16. The van der Waals surface area contributed by atoms with Crippen LogP contribution in [0.5, 0.6) is 0 Å². The van der Waals surface area contributed by atoms with Crippen LogP contribution in [0, 0.1) is 0 Å². The highest BCUT2D eigenvalue weighted by Gasteiger charge is 2.48. The number of benzene rings is 8. The molecule has 5 nitrogen and oxygen atoms in total. The number of aliphatic imine (C=N–C) groups is 3. The molecular weight excluding hydrogens is 803 g/mol. The zero-order valence-corrected chi connectivity index (χ0v) is 36.7. The minimum atomic E-state index is -0.522. The number of allylic oxidation sites excluding steroid dienone is 5. The Balaban J connectivity index is 1.14. The van der Waals surface area contributed by atoms with Crippen molar-refractivity contribution in [3.05, 3.63) is 269 Å². The average molecular weight is 848 g/mol. The molecule has 3 heterocycles. The standard InChI is InChI=1S/C61H45N5/c1-60(43-25-11-7-12-26-43)51-38-49-47-31-16-18-33-56(47)66(45-29-21-24-42(36-45)59-63-35-20-5-3-4-19-34-62-58(65-59)41-22-9-6-10-23-41)57(49)40-53(51)61(2,44-27-13-8-14-28-44)50-37-48-46-30-15-17-32-54(46)64-55(48)39-52(50)60/h3-40,64H,1-2H3/b4-3?,5-3-,19-4+,20-5?,34-19?,35-20-,62-34+,62-58?,63-35?,63-59-,65-58-,65-59?. The van der Waals surface area contributed by atoms with Crippen molar-refractivity contribution in [1.82, 2.24) is 9.55 Å². The SMILES string of the molecule is CC1(c2ccccc2)c2cc3[nH]c4ccccc4c3cc2C(C)(c2ccccc2)c2cc3c(cc21)c1ccccc1n3-c1cccc(C2=N/C=C\C=C/C=C/C=N/C(c3ccccc3)=N\2)c1. The molecule has 0 radical (unpaired) electrons. The molecule has 2 aromatic heterocycles. The number of hydrogen-bond acceptors (Lipinski definition) is 3. The van der Waals surface area contributed by atoms with Crippen LogP contribution in [-0.2, 0) is 10.8 Å². The first-order valence-electron chi connectivity index (χ1n) is 22.6. The molecule has 10 aromatic rings. The first-order valence-corrected chi connectivity index (χ1v) is 22.6. The van der Waals surface area contributed by atoms with Gasteiger partial charge in [0, 0.05) is 72.6 Å². The Bertz CT molecular complexity index is 3710. The van der Waals surface area contributed by atoms with Crippen LogP contribution in [0.2, 0.25) is 0 Å². The summed E-state index contributed by atoms with van der Waals surface area (Å²) >= 11 is 0. The fourth-order valence-electron chi connectivity index (χ4n) is 10.6. The highest BCUT2D eigenvalue weighted by Crippen LogP contribution is 2.57. The topological polar surface area (TPSA) is 57.8 Å². The van der Waals surface area contributed by atoms with E-state index in [4.69, 9.17) is 15.0 Å². The Hall–Kier alpha value is -8.41. The Kier molecular flexibility index (Phi) is 9.32. The number of para-hydroxylation sites is 2. The lowest BCUT2D eigenvalue weighted by molar-refractivity contribution is 0.570. The Labute approximate surface area is 383 Å². The quantitative estimate of drug-likeness (QED) is 0.179. The molecule has 2 aliphatic rings. The summed E-state index contributed by atoms with van der Waals surface area (Å²) in [5, 5.41) is 4.86. The largest absolute Gasteiger partial charge is 0.355 e. The van der Waals surface area contributed by atoms with Crippen molar-refractivity contribution in [1.29, 1.82) is 0 Å². The van der Waals surface area contributed by atoms with Gasteiger partial charge in [0.1, 0.15) is 0 Å². The number of hydrogen-bond donors (Lipinski definition) is 1. The summed E-state index contributed by atoms with van der Waals surface area (Å²) in [4.78, 5) is 18.7. The lowest BCUT2D eigenvalue weighted by atomic mass is 9.54. The molecule has 314 valence electrons. The molecule has 0 amide bonds. The van der Waals surface area contributed by atoms with Crippen LogP contribution in [0.1, 0.15) is 58.4 Å². The maximum absolute atomic E-state index is 5.16. The molecule has 1 aliphatic heterocycles. The molecular formula is C61H45N5. The number of aromatic amines is 1. The normalized spacial score (nSPS) is 21.7. The number of H-pyrrole nitrogens is 1. The highest BCUT2D eigenvalue weighted by molar-refractivity contribution is 6.15. The Morgan fingerprint density at radius 2 is 1.02 bits per heavy atom. The van der Waals surface area contributed by atoms with Crippen molar-refractivity contribution in [3.63, 3.8) is 0 Å². The van der Waals surface area contributed by atoms with Gasteiger partial charge in [-0.15, -0.1) is 0 Å². The van der Waals surface area contributed by atoms with Gasteiger partial charge in [0.05, 0.1) is 11.0 Å². The molecule has 0 bridgehead atoms. The van der Waals surface area contributed by atoms with Gasteiger partial charge in [-0.2, -0.15) is 0 Å². The van der Waals surface area contributed by atoms with E-state index in [9.17, 15) is 0 Å². The second kappa shape index (κ2) is 15.7. The smallest absolute Gasteiger partial charge is 0.161 e. The molecule has 12 rings (SSSR count). The second-order valence-corrected chi connectivity index (χ2v) is 17.6. The van der Waals surface area contributed by atoms with Crippen LogP contribution in [0.15, 0.2) is 240 Å². The summed E-state index contributed by atoms with van der Waals surface area (Å²) in [6, 6.07) is 68.3. The number of fused-ring (bicyclic) bond motifs is 8. The Morgan fingerprint density at radius 3 is 1.77 bits per heavy atom. The van der Waals surface area contributed by atoms with Gasteiger partial charge in [0.2, 0.25) is 0 Å². The van der Waals surface area contributed by atoms with E-state index in [1.165, 1.54) is 54.9 Å². The van der Waals surface area contributed by atoms with Crippen LogP contribution in [0.3, 0.4) is 0 Å². The van der Waals surface area contributed by atoms with Crippen molar-refractivity contribution >= 4 is 61.5 Å². The van der Waals surface area contributed by atoms with Gasteiger partial charge in [0.25, 0.3) is 0 Å². The van der Waals surface area contributed by atoms with Gasteiger partial charge in [-0.3, -0.25) is 0 Å². The lowest BCUT2D eigenvalue weighted by Gasteiger charge is -2.47. The number of nitrogens with one attached hydrogen (secondary N) is 1. The van der Waals surface area contributed by atoms with E-state index in [0.29, 0.717) is 11.7 Å². The molecule has 1 N–H and O–H groups in total. The fourth-order valence-corrected chi connectivity index (χ4v) is 10.6. The van der Waals surface area contributed by atoms with E-state index in [-0.39, 0.29) is 0 Å². The second-order valence-electron chi connectivity index (χ2n) is 17.6. The van der Waals surface area contributed by atoms with Gasteiger partial charge < -0.3 is 9.55 Å². The first kappa shape index (κ1) is 39.2. The third-order valence-corrected chi connectivity index (χ3v) is 13.9. The zero-order valence-electron chi connectivity index (χ0n) is 36.7. The minimum Gasteiger partial charge on any atom is -0.355 e. The van der Waals surface area contributed by atoms with E-state index in [0.717, 1.165) is 38.9 Å². The monoisotopic (exact) mass is 847 g/mol. The molecule has 0 fully saturated rings. The van der Waals surface area contributed by atoms with Crippen molar-refractivity contribution in [2.45, 2.75) is 24.7 Å². The van der Waals surface area contributed by atoms with E-state index in [1.54, 1.807) is 12.4 Å². The van der Waals surface area contributed by atoms with Crippen molar-refractivity contribution in [3.8, 4) is 5.69 Å². The van der Waals surface area contributed by atoms with Crippen LogP contribution < -0.4 is 0 Å². The predicted molar refractivity (Wildman–Crippen MR) is 276 cm³/mol. The van der Waals surface area contributed by atoms with E-state index >= 15 is 0 Å². The van der Waals surface area contributed by atoms with Gasteiger partial charge in [-0.1, -0.05) is 158 Å². The molecule has 5 heteroatoms. The summed E-state index contributed by atoms with van der Waals surface area (Å²) in [6.45, 7) is 4.88. The fraction of sp³-hybridized carbons (Fsp3) is 0.0656. The van der Waals surface area contributed by atoms with Crippen molar-refractivity contribution < 1.29 is 0 Å². The van der Waals surface area contributed by atoms with Crippen LogP contribution in [0.4, 0.5) is 0 Å². The van der Waals surface area contributed by atoms with Crippen molar-refractivity contribution in [2.75, 3.05) is 0 Å². The van der Waals surface area contributed by atoms with Crippen molar-refractivity contribution in [2.24, 2.45) is 15.0 Å². The van der Waals surface area contributed by atoms with Gasteiger partial charge in [-0.05, 0) is 108 Å². The van der Waals surface area contributed by atoms with Gasteiger partial charge in [-0.25, -0.2) is 15.0 Å². The maximum Gasteiger partial charge on any atom is 0.161 e. The van der Waals surface area contributed by atoms with Gasteiger partial charge in [0.15, 0.2) is 11.7 Å². The van der Waals surface area contributed by atoms with Crippen LogP contribution in [-0.4, -0.2) is 27.4 Å². The zero-order chi connectivity index (χ0) is 44.2. The van der Waals surface area contributed by atoms with E-state index < -0.39 is 10.8 Å².